The lowest BCUT2D eigenvalue weighted by atomic mass is 10.2. The highest BCUT2D eigenvalue weighted by Gasteiger charge is 2.22. The Kier molecular flexibility index (Phi) is 19.9. The van der Waals surface area contributed by atoms with Gasteiger partial charge in [-0.25, -0.2) is 0 Å². The normalized spacial score (nSPS) is 11.3. The van der Waals surface area contributed by atoms with Crippen LogP contribution in [0.1, 0.15) is 11.1 Å². The van der Waals surface area contributed by atoms with Crippen molar-refractivity contribution in [1.29, 1.82) is 0 Å². The average Bonchev–Trinajstić information content (AvgIpc) is 3.16. The number of hydrogen-bond donors (Lipinski definition) is 8. The highest BCUT2D eigenvalue weighted by atomic mass is 19.1. The van der Waals surface area contributed by atoms with Crippen LogP contribution in [0.5, 0.6) is 0 Å². The fourth-order valence-electron chi connectivity index (χ4n) is 2.82. The SMILES string of the molecule is Cc1ccccc1N1CCN(c2ccccc2C)C1.OB(O)F.OB(O)F.OB(O)F.OB(O)F. The van der Waals surface area contributed by atoms with Crippen LogP contribution in [0.3, 0.4) is 0 Å². The predicted octanol–water partition coefficient (Wildman–Crippen LogP) is -0.711. The smallest absolute Gasteiger partial charge is 0.398 e. The minimum Gasteiger partial charge on any atom is -0.398 e. The van der Waals surface area contributed by atoms with E-state index in [9.17, 15) is 17.3 Å². The zero-order valence-electron chi connectivity index (χ0n) is 19.0. The van der Waals surface area contributed by atoms with Crippen LogP contribution < -0.4 is 9.80 Å². The zero-order valence-corrected chi connectivity index (χ0v) is 19.0. The lowest BCUT2D eigenvalue weighted by Gasteiger charge is -2.23. The summed E-state index contributed by atoms with van der Waals surface area (Å²) >= 11 is 0. The van der Waals surface area contributed by atoms with Crippen LogP contribution in [0.25, 0.3) is 0 Å². The van der Waals surface area contributed by atoms with Crippen molar-refractivity contribution in [2.45, 2.75) is 13.8 Å². The molecular weight excluding hydrogens is 479 g/mol. The van der Waals surface area contributed by atoms with Crippen molar-refractivity contribution in [3.63, 3.8) is 0 Å². The van der Waals surface area contributed by atoms with Crippen molar-refractivity contribution >= 4 is 41.0 Å². The molecule has 18 heteroatoms. The molecule has 10 nitrogen and oxygen atoms in total. The van der Waals surface area contributed by atoms with Crippen LogP contribution in [0, 0.1) is 13.8 Å². The van der Waals surface area contributed by atoms with E-state index in [1.165, 1.54) is 22.5 Å². The first kappa shape index (κ1) is 34.9. The van der Waals surface area contributed by atoms with E-state index in [-0.39, 0.29) is 0 Å². The van der Waals surface area contributed by atoms with Crippen LogP contribution in [0.4, 0.5) is 28.6 Å². The van der Waals surface area contributed by atoms with E-state index in [4.69, 9.17) is 40.2 Å². The number of rotatable bonds is 2. The van der Waals surface area contributed by atoms with Gasteiger partial charge >= 0.3 is 29.6 Å². The Labute approximate surface area is 202 Å². The van der Waals surface area contributed by atoms with Crippen LogP contribution in [-0.2, 0) is 0 Å². The number of benzene rings is 2. The van der Waals surface area contributed by atoms with E-state index in [1.54, 1.807) is 0 Å². The summed E-state index contributed by atoms with van der Waals surface area (Å²) in [5, 5.41) is 55.6. The van der Waals surface area contributed by atoms with Crippen LogP contribution in [0.2, 0.25) is 0 Å². The first-order valence-electron chi connectivity index (χ1n) is 9.81. The van der Waals surface area contributed by atoms with Crippen molar-refractivity contribution in [3.05, 3.63) is 59.7 Å². The molecule has 194 valence electrons. The standard InChI is InChI=1S/C17H20N2.4BFH2O2/c1-14-7-3-5-9-16(14)18-11-12-19(13-18)17-10-6-4-8-15(17)2;4*2-1(3)4/h3-10H,11-13H2,1-2H3;4*3-4H. The molecule has 1 fully saturated rings. The van der Waals surface area contributed by atoms with Crippen LogP contribution in [-0.4, -0.2) is 89.5 Å². The summed E-state index contributed by atoms with van der Waals surface area (Å²) in [4.78, 5) is 4.92. The Balaban J connectivity index is 0. The van der Waals surface area contributed by atoms with Gasteiger partial charge in [0.15, 0.2) is 0 Å². The third-order valence-corrected chi connectivity index (χ3v) is 3.89. The van der Waals surface area contributed by atoms with Gasteiger partial charge in [-0.1, -0.05) is 36.4 Å². The van der Waals surface area contributed by atoms with E-state index < -0.39 is 29.6 Å². The van der Waals surface area contributed by atoms with Crippen LogP contribution >= 0.6 is 0 Å². The van der Waals surface area contributed by atoms with Gasteiger partial charge in [0.05, 0.1) is 6.67 Å². The van der Waals surface area contributed by atoms with Gasteiger partial charge in [0.1, 0.15) is 0 Å². The van der Waals surface area contributed by atoms with E-state index in [0.29, 0.717) is 0 Å². The van der Waals surface area contributed by atoms with Crippen molar-refractivity contribution in [3.8, 4) is 0 Å². The monoisotopic (exact) mass is 508 g/mol. The molecule has 0 unspecified atom stereocenters. The first-order valence-corrected chi connectivity index (χ1v) is 9.81. The third-order valence-electron chi connectivity index (χ3n) is 3.89. The fourth-order valence-corrected chi connectivity index (χ4v) is 2.82. The quantitative estimate of drug-likeness (QED) is 0.192. The second-order valence-electron chi connectivity index (χ2n) is 6.48. The molecule has 35 heavy (non-hydrogen) atoms. The molecule has 2 aromatic carbocycles. The number of nitrogens with zero attached hydrogens (tertiary/aromatic N) is 2. The molecule has 0 saturated carbocycles. The van der Waals surface area contributed by atoms with Gasteiger partial charge in [0, 0.05) is 24.5 Å². The summed E-state index contributed by atoms with van der Waals surface area (Å²) in [6, 6.07) is 17.3. The minimum absolute atomic E-state index is 0.982. The van der Waals surface area contributed by atoms with Gasteiger partial charge in [-0.05, 0) is 37.1 Å². The second-order valence-corrected chi connectivity index (χ2v) is 6.48. The molecule has 1 saturated heterocycles. The lowest BCUT2D eigenvalue weighted by Crippen LogP contribution is -2.25. The zero-order chi connectivity index (χ0) is 27.6. The summed E-state index contributed by atoms with van der Waals surface area (Å²) < 4.78 is 40.4. The summed E-state index contributed by atoms with van der Waals surface area (Å²) in [6.07, 6.45) is 0. The van der Waals surface area contributed by atoms with Crippen LogP contribution in [0.15, 0.2) is 48.5 Å². The van der Waals surface area contributed by atoms with E-state index in [2.05, 4.69) is 72.2 Å². The van der Waals surface area contributed by atoms with Gasteiger partial charge < -0.3 is 50.0 Å². The maximum atomic E-state index is 10.1. The summed E-state index contributed by atoms with van der Waals surface area (Å²) in [7, 11) is -10.7. The van der Waals surface area contributed by atoms with Gasteiger partial charge in [-0.2, -0.15) is 0 Å². The van der Waals surface area contributed by atoms with Crippen molar-refractivity contribution in [1.82, 2.24) is 0 Å². The number of aryl methyl sites for hydroxylation is 2. The Morgan fingerprint density at radius 3 is 1.00 bits per heavy atom. The number of halogens is 4. The van der Waals surface area contributed by atoms with Gasteiger partial charge in [0.25, 0.3) is 0 Å². The maximum Gasteiger partial charge on any atom is 0.674 e. The number of hydrogen-bond acceptors (Lipinski definition) is 10. The Morgan fingerprint density at radius 1 is 0.543 bits per heavy atom. The van der Waals surface area contributed by atoms with Gasteiger partial charge in [0.2, 0.25) is 0 Å². The number of para-hydroxylation sites is 2. The molecule has 0 amide bonds. The molecule has 0 spiro atoms. The van der Waals surface area contributed by atoms with Gasteiger partial charge in [-0.3, -0.25) is 17.3 Å². The summed E-state index contributed by atoms with van der Waals surface area (Å²) in [6.45, 7) is 7.55. The molecule has 8 N–H and O–H groups in total. The molecule has 1 heterocycles. The van der Waals surface area contributed by atoms with E-state index in [1.807, 2.05) is 0 Å². The van der Waals surface area contributed by atoms with E-state index in [0.717, 1.165) is 19.8 Å². The molecule has 1 aliphatic rings. The Hall–Kier alpha value is -2.30. The predicted molar refractivity (Wildman–Crippen MR) is 127 cm³/mol. The van der Waals surface area contributed by atoms with Crippen molar-refractivity contribution < 1.29 is 57.5 Å². The third kappa shape index (κ3) is 20.8. The molecule has 3 rings (SSSR count). The molecule has 1 aliphatic heterocycles. The molecule has 0 aromatic heterocycles. The van der Waals surface area contributed by atoms with Crippen molar-refractivity contribution in [2.24, 2.45) is 0 Å². The molecule has 0 bridgehead atoms. The number of anilines is 2. The fraction of sp³-hybridized carbons (Fsp3) is 0.294. The Morgan fingerprint density at radius 2 is 0.771 bits per heavy atom. The maximum absolute atomic E-state index is 10.1. The summed E-state index contributed by atoms with van der Waals surface area (Å²) in [5.74, 6) is 0. The van der Waals surface area contributed by atoms with Gasteiger partial charge in [-0.15, -0.1) is 0 Å². The molecular formula is C17H28B4F4N2O8. The largest absolute Gasteiger partial charge is 0.674 e. The minimum atomic E-state index is -2.67. The lowest BCUT2D eigenvalue weighted by molar-refractivity contribution is 0.338. The topological polar surface area (TPSA) is 168 Å². The highest BCUT2D eigenvalue weighted by Crippen LogP contribution is 2.27. The first-order chi connectivity index (χ1) is 16.2. The summed E-state index contributed by atoms with van der Waals surface area (Å²) in [5.41, 5.74) is 5.43. The second kappa shape index (κ2) is 19.9. The molecule has 0 radical (unpaired) electrons. The Bertz CT molecular complexity index is 717. The molecule has 0 aliphatic carbocycles. The highest BCUT2D eigenvalue weighted by molar-refractivity contribution is 6.32. The van der Waals surface area contributed by atoms with E-state index >= 15 is 0 Å². The molecule has 2 aromatic rings. The molecule has 0 atom stereocenters. The average molecular weight is 508 g/mol. The van der Waals surface area contributed by atoms with Crippen molar-refractivity contribution in [2.75, 3.05) is 29.6 Å².